The van der Waals surface area contributed by atoms with E-state index in [-0.39, 0.29) is 5.41 Å². The van der Waals surface area contributed by atoms with E-state index in [1.807, 2.05) is 0 Å². The van der Waals surface area contributed by atoms with Crippen molar-refractivity contribution in [3.05, 3.63) is 11.8 Å². The van der Waals surface area contributed by atoms with E-state index in [2.05, 4.69) is 35.9 Å². The lowest BCUT2D eigenvalue weighted by atomic mass is 9.89. The van der Waals surface area contributed by atoms with Crippen molar-refractivity contribution < 1.29 is 13.9 Å². The quantitative estimate of drug-likeness (QED) is 0.800. The molecular weight excluding hydrogens is 330 g/mol. The van der Waals surface area contributed by atoms with Gasteiger partial charge in [-0.15, -0.1) is 10.2 Å². The monoisotopic (exact) mass is 363 g/mol. The van der Waals surface area contributed by atoms with Crippen LogP contribution in [0.2, 0.25) is 0 Å². The molecule has 2 saturated heterocycles. The van der Waals surface area contributed by atoms with Crippen molar-refractivity contribution in [2.75, 3.05) is 26.3 Å². The highest BCUT2D eigenvalue weighted by Crippen LogP contribution is 2.28. The number of piperidine rings is 1. The third kappa shape index (κ3) is 5.53. The van der Waals surface area contributed by atoms with Crippen molar-refractivity contribution in [2.24, 2.45) is 11.3 Å². The number of likely N-dealkylation sites (tertiary alicyclic amines) is 1. The van der Waals surface area contributed by atoms with Gasteiger partial charge in [0.1, 0.15) is 0 Å². The number of rotatable bonds is 5. The molecule has 0 aromatic carbocycles. The minimum Gasteiger partial charge on any atom is -0.425 e. The fourth-order valence-electron chi connectivity index (χ4n) is 3.90. The Morgan fingerprint density at radius 1 is 1.19 bits per heavy atom. The normalized spacial score (nSPS) is 22.6. The summed E-state index contributed by atoms with van der Waals surface area (Å²) in [5.74, 6) is 2.69. The number of nitrogens with zero attached hydrogens (tertiary/aromatic N) is 3. The Morgan fingerprint density at radius 2 is 1.96 bits per heavy atom. The summed E-state index contributed by atoms with van der Waals surface area (Å²) >= 11 is 0. The molecule has 0 bridgehead atoms. The van der Waals surface area contributed by atoms with Crippen LogP contribution in [0.25, 0.3) is 0 Å². The van der Waals surface area contributed by atoms with E-state index in [9.17, 15) is 4.79 Å². The molecule has 26 heavy (non-hydrogen) atoms. The van der Waals surface area contributed by atoms with Crippen LogP contribution in [0, 0.1) is 11.3 Å². The first-order chi connectivity index (χ1) is 12.4. The van der Waals surface area contributed by atoms with Crippen molar-refractivity contribution in [3.8, 4) is 0 Å². The highest BCUT2D eigenvalue weighted by Gasteiger charge is 2.27. The van der Waals surface area contributed by atoms with Gasteiger partial charge in [0.2, 0.25) is 17.7 Å². The second-order valence-corrected chi connectivity index (χ2v) is 9.04. The minimum absolute atomic E-state index is 0.0499. The number of hydrogen-bond acceptors (Lipinski definition) is 5. The van der Waals surface area contributed by atoms with Crippen LogP contribution in [0.3, 0.4) is 0 Å². The van der Waals surface area contributed by atoms with Gasteiger partial charge in [0, 0.05) is 45.1 Å². The summed E-state index contributed by atoms with van der Waals surface area (Å²) in [6, 6.07) is 0. The van der Waals surface area contributed by atoms with Gasteiger partial charge in [0.05, 0.1) is 0 Å². The number of carbonyl (C=O) groups excluding carboxylic acids is 1. The van der Waals surface area contributed by atoms with Crippen molar-refractivity contribution in [1.29, 1.82) is 0 Å². The maximum absolute atomic E-state index is 12.5. The minimum atomic E-state index is 0.0499. The molecule has 1 atom stereocenters. The van der Waals surface area contributed by atoms with E-state index < -0.39 is 0 Å². The van der Waals surface area contributed by atoms with E-state index >= 15 is 0 Å². The molecule has 0 saturated carbocycles. The molecule has 146 valence electrons. The fourth-order valence-corrected chi connectivity index (χ4v) is 3.90. The van der Waals surface area contributed by atoms with Gasteiger partial charge in [-0.05, 0) is 43.4 Å². The lowest BCUT2D eigenvalue weighted by Crippen LogP contribution is -2.41. The maximum atomic E-state index is 12.5. The Morgan fingerprint density at radius 3 is 2.69 bits per heavy atom. The molecule has 1 aromatic rings. The van der Waals surface area contributed by atoms with Crippen molar-refractivity contribution in [1.82, 2.24) is 15.1 Å². The lowest BCUT2D eigenvalue weighted by Gasteiger charge is -2.34. The standard InChI is InChI=1S/C20H33N3O3/c1-20(2,3)13-18(24)23-10-4-5-15(14-23)6-7-17-21-22-19(26-17)16-8-11-25-12-9-16/h15-16H,4-14H2,1-3H3. The zero-order valence-corrected chi connectivity index (χ0v) is 16.5. The average Bonchev–Trinajstić information content (AvgIpc) is 3.09. The summed E-state index contributed by atoms with van der Waals surface area (Å²) in [5, 5.41) is 8.49. The van der Waals surface area contributed by atoms with E-state index in [4.69, 9.17) is 9.15 Å². The van der Waals surface area contributed by atoms with Gasteiger partial charge in [-0.3, -0.25) is 4.79 Å². The third-order valence-electron chi connectivity index (χ3n) is 5.37. The van der Waals surface area contributed by atoms with Crippen molar-refractivity contribution >= 4 is 5.91 Å². The highest BCUT2D eigenvalue weighted by atomic mass is 16.5. The molecule has 3 rings (SSSR count). The number of aryl methyl sites for hydroxylation is 1. The van der Waals surface area contributed by atoms with Crippen LogP contribution in [0.4, 0.5) is 0 Å². The molecule has 0 spiro atoms. The van der Waals surface area contributed by atoms with Crippen LogP contribution in [0.1, 0.15) is 77.0 Å². The second-order valence-electron chi connectivity index (χ2n) is 9.04. The fraction of sp³-hybridized carbons (Fsp3) is 0.850. The van der Waals surface area contributed by atoms with Crippen LogP contribution < -0.4 is 0 Å². The molecule has 0 radical (unpaired) electrons. The van der Waals surface area contributed by atoms with Crippen LogP contribution in [-0.2, 0) is 16.0 Å². The molecule has 1 unspecified atom stereocenters. The van der Waals surface area contributed by atoms with Gasteiger partial charge < -0.3 is 14.1 Å². The van der Waals surface area contributed by atoms with Gasteiger partial charge in [-0.2, -0.15) is 0 Å². The number of ether oxygens (including phenoxy) is 1. The third-order valence-corrected chi connectivity index (χ3v) is 5.37. The summed E-state index contributed by atoms with van der Waals surface area (Å²) in [4.78, 5) is 14.5. The smallest absolute Gasteiger partial charge is 0.223 e. The predicted molar refractivity (Wildman–Crippen MR) is 98.8 cm³/mol. The number of aromatic nitrogens is 2. The predicted octanol–water partition coefficient (Wildman–Crippen LogP) is 3.57. The lowest BCUT2D eigenvalue weighted by molar-refractivity contribution is -0.134. The number of amides is 1. The van der Waals surface area contributed by atoms with E-state index in [0.29, 0.717) is 24.2 Å². The van der Waals surface area contributed by atoms with Crippen molar-refractivity contribution in [2.45, 2.75) is 71.6 Å². The highest BCUT2D eigenvalue weighted by molar-refractivity contribution is 5.76. The molecule has 0 N–H and O–H groups in total. The first kappa shape index (κ1) is 19.3. The Balaban J connectivity index is 1.47. The zero-order valence-electron chi connectivity index (χ0n) is 16.5. The summed E-state index contributed by atoms with van der Waals surface area (Å²) in [6.07, 6.45) is 6.65. The van der Waals surface area contributed by atoms with Crippen LogP contribution >= 0.6 is 0 Å². The van der Waals surface area contributed by atoms with Gasteiger partial charge in [0.15, 0.2) is 0 Å². The summed E-state index contributed by atoms with van der Waals surface area (Å²) < 4.78 is 11.3. The first-order valence-corrected chi connectivity index (χ1v) is 10.1. The molecule has 1 amide bonds. The number of carbonyl (C=O) groups is 1. The molecule has 2 fully saturated rings. The second kappa shape index (κ2) is 8.51. The molecule has 2 aliphatic rings. The Hall–Kier alpha value is -1.43. The van der Waals surface area contributed by atoms with Crippen LogP contribution in [0.15, 0.2) is 4.42 Å². The molecular formula is C20H33N3O3. The molecule has 3 heterocycles. The van der Waals surface area contributed by atoms with Crippen molar-refractivity contribution in [3.63, 3.8) is 0 Å². The maximum Gasteiger partial charge on any atom is 0.223 e. The Bertz CT molecular complexity index is 587. The number of hydrogen-bond donors (Lipinski definition) is 0. The molecule has 2 aliphatic heterocycles. The summed E-state index contributed by atoms with van der Waals surface area (Å²) in [7, 11) is 0. The SMILES string of the molecule is CC(C)(C)CC(=O)N1CCCC(CCc2nnc(C3CCOCC3)o2)C1. The Kier molecular flexibility index (Phi) is 6.33. The first-order valence-electron chi connectivity index (χ1n) is 10.1. The van der Waals surface area contributed by atoms with E-state index in [0.717, 1.165) is 70.2 Å². The van der Waals surface area contributed by atoms with E-state index in [1.165, 1.54) is 6.42 Å². The average molecular weight is 364 g/mol. The van der Waals surface area contributed by atoms with Crippen LogP contribution in [-0.4, -0.2) is 47.3 Å². The molecule has 1 aromatic heterocycles. The zero-order chi connectivity index (χ0) is 18.6. The van der Waals surface area contributed by atoms with Gasteiger partial charge >= 0.3 is 0 Å². The summed E-state index contributed by atoms with van der Waals surface area (Å²) in [6.45, 7) is 9.70. The molecule has 0 aliphatic carbocycles. The topological polar surface area (TPSA) is 68.5 Å². The van der Waals surface area contributed by atoms with Gasteiger partial charge in [0.25, 0.3) is 0 Å². The van der Waals surface area contributed by atoms with Gasteiger partial charge in [-0.25, -0.2) is 0 Å². The Labute approximate surface area is 156 Å². The summed E-state index contributed by atoms with van der Waals surface area (Å²) in [5.41, 5.74) is 0.0499. The van der Waals surface area contributed by atoms with E-state index in [1.54, 1.807) is 0 Å². The van der Waals surface area contributed by atoms with Gasteiger partial charge in [-0.1, -0.05) is 20.8 Å². The molecule has 6 nitrogen and oxygen atoms in total. The van der Waals surface area contributed by atoms with Crippen LogP contribution in [0.5, 0.6) is 0 Å². The molecule has 6 heteroatoms. The largest absolute Gasteiger partial charge is 0.425 e.